The molecule has 0 radical (unpaired) electrons. The Balaban J connectivity index is 2.46. The highest BCUT2D eigenvalue weighted by atomic mass is 19.1. The summed E-state index contributed by atoms with van der Waals surface area (Å²) in [5, 5.41) is 11.3. The summed E-state index contributed by atoms with van der Waals surface area (Å²) in [7, 11) is 0. The van der Waals surface area contributed by atoms with E-state index >= 15 is 0 Å². The molecule has 1 aromatic carbocycles. The normalized spacial score (nSPS) is 10.6. The van der Waals surface area contributed by atoms with E-state index in [1.165, 1.54) is 12.1 Å². The van der Waals surface area contributed by atoms with Crippen molar-refractivity contribution in [2.45, 2.75) is 20.4 Å². The Morgan fingerprint density at radius 3 is 2.72 bits per heavy atom. The first kappa shape index (κ1) is 12.3. The molecular weight excluding hydrogens is 233 g/mol. The van der Waals surface area contributed by atoms with Crippen molar-refractivity contribution in [3.63, 3.8) is 0 Å². The van der Waals surface area contributed by atoms with Crippen molar-refractivity contribution < 1.29 is 4.39 Å². The zero-order chi connectivity index (χ0) is 13.1. The van der Waals surface area contributed by atoms with Gasteiger partial charge in [-0.15, -0.1) is 10.2 Å². The van der Waals surface area contributed by atoms with Gasteiger partial charge in [-0.05, 0) is 32.0 Å². The first-order chi connectivity index (χ1) is 8.67. The van der Waals surface area contributed by atoms with Crippen LogP contribution in [0.15, 0.2) is 18.2 Å². The minimum absolute atomic E-state index is 0.133. The molecule has 18 heavy (non-hydrogen) atoms. The highest BCUT2D eigenvalue weighted by molar-refractivity contribution is 5.61. The van der Waals surface area contributed by atoms with Crippen molar-refractivity contribution in [2.24, 2.45) is 0 Å². The van der Waals surface area contributed by atoms with Gasteiger partial charge < -0.3 is 11.1 Å². The summed E-state index contributed by atoms with van der Waals surface area (Å²) >= 11 is 0. The van der Waals surface area contributed by atoms with E-state index in [0.717, 1.165) is 6.54 Å². The van der Waals surface area contributed by atoms with Crippen LogP contribution in [-0.2, 0) is 6.54 Å². The molecule has 0 aliphatic rings. The Hall–Kier alpha value is -2.11. The van der Waals surface area contributed by atoms with Crippen molar-refractivity contribution in [1.82, 2.24) is 14.8 Å². The molecule has 1 heterocycles. The van der Waals surface area contributed by atoms with Crippen LogP contribution in [0.25, 0.3) is 11.4 Å². The molecule has 0 atom stereocenters. The van der Waals surface area contributed by atoms with Gasteiger partial charge in [0, 0.05) is 18.7 Å². The highest BCUT2D eigenvalue weighted by Gasteiger charge is 2.13. The predicted molar refractivity (Wildman–Crippen MR) is 69.7 cm³/mol. The first-order valence-electron chi connectivity index (χ1n) is 5.89. The van der Waals surface area contributed by atoms with Gasteiger partial charge in [-0.25, -0.2) is 4.39 Å². The second-order valence-corrected chi connectivity index (χ2v) is 3.86. The largest absolute Gasteiger partial charge is 0.396 e. The van der Waals surface area contributed by atoms with Crippen molar-refractivity contribution in [3.05, 3.63) is 24.0 Å². The summed E-state index contributed by atoms with van der Waals surface area (Å²) in [5.41, 5.74) is 6.26. The van der Waals surface area contributed by atoms with Crippen LogP contribution >= 0.6 is 0 Å². The van der Waals surface area contributed by atoms with E-state index in [1.807, 2.05) is 18.4 Å². The Kier molecular flexibility index (Phi) is 3.45. The van der Waals surface area contributed by atoms with Crippen LogP contribution < -0.4 is 11.1 Å². The van der Waals surface area contributed by atoms with Gasteiger partial charge in [0.25, 0.3) is 0 Å². The van der Waals surface area contributed by atoms with Gasteiger partial charge in [-0.2, -0.15) is 0 Å². The quantitative estimate of drug-likeness (QED) is 0.814. The molecule has 0 bridgehead atoms. The fourth-order valence-corrected chi connectivity index (χ4v) is 1.77. The smallest absolute Gasteiger partial charge is 0.224 e. The van der Waals surface area contributed by atoms with E-state index in [-0.39, 0.29) is 5.69 Å². The molecule has 0 aliphatic carbocycles. The molecule has 0 fully saturated rings. The van der Waals surface area contributed by atoms with Gasteiger partial charge >= 0.3 is 0 Å². The minimum atomic E-state index is -0.442. The summed E-state index contributed by atoms with van der Waals surface area (Å²) in [6, 6.07) is 4.65. The van der Waals surface area contributed by atoms with E-state index in [2.05, 4.69) is 15.5 Å². The van der Waals surface area contributed by atoms with Gasteiger partial charge in [0.05, 0.1) is 5.69 Å². The van der Waals surface area contributed by atoms with Gasteiger partial charge in [0.2, 0.25) is 5.95 Å². The third-order valence-electron chi connectivity index (χ3n) is 2.66. The fraction of sp³-hybridized carbons (Fsp3) is 0.333. The van der Waals surface area contributed by atoms with E-state index in [0.29, 0.717) is 23.9 Å². The van der Waals surface area contributed by atoms with Crippen LogP contribution in [0.3, 0.4) is 0 Å². The number of halogens is 1. The van der Waals surface area contributed by atoms with Gasteiger partial charge in [0.15, 0.2) is 5.82 Å². The highest BCUT2D eigenvalue weighted by Crippen LogP contribution is 2.23. The second-order valence-electron chi connectivity index (χ2n) is 3.86. The Morgan fingerprint density at radius 2 is 2.11 bits per heavy atom. The third-order valence-corrected chi connectivity index (χ3v) is 2.66. The van der Waals surface area contributed by atoms with E-state index < -0.39 is 5.82 Å². The number of hydrogen-bond donors (Lipinski definition) is 2. The van der Waals surface area contributed by atoms with Crippen LogP contribution in [-0.4, -0.2) is 21.3 Å². The van der Waals surface area contributed by atoms with Crippen LogP contribution in [0.4, 0.5) is 16.0 Å². The number of nitrogens with one attached hydrogen (secondary N) is 1. The average Bonchev–Trinajstić information content (AvgIpc) is 2.76. The third kappa shape index (κ3) is 2.13. The number of anilines is 2. The average molecular weight is 249 g/mol. The van der Waals surface area contributed by atoms with Crippen molar-refractivity contribution in [3.8, 4) is 11.4 Å². The zero-order valence-electron chi connectivity index (χ0n) is 10.4. The van der Waals surface area contributed by atoms with Gasteiger partial charge in [-0.1, -0.05) is 0 Å². The maximum Gasteiger partial charge on any atom is 0.224 e. The van der Waals surface area contributed by atoms with Crippen LogP contribution in [0.2, 0.25) is 0 Å². The number of nitrogen functional groups attached to an aromatic ring is 1. The topological polar surface area (TPSA) is 68.8 Å². The van der Waals surface area contributed by atoms with E-state index in [4.69, 9.17) is 5.73 Å². The van der Waals surface area contributed by atoms with E-state index in [9.17, 15) is 4.39 Å². The molecule has 2 aromatic rings. The zero-order valence-corrected chi connectivity index (χ0v) is 10.4. The summed E-state index contributed by atoms with van der Waals surface area (Å²) < 4.78 is 15.4. The summed E-state index contributed by atoms with van der Waals surface area (Å²) in [6.45, 7) is 5.43. The summed E-state index contributed by atoms with van der Waals surface area (Å²) in [6.07, 6.45) is 0. The van der Waals surface area contributed by atoms with Gasteiger partial charge in [-0.3, -0.25) is 4.57 Å². The SMILES string of the molecule is CCNc1nnc(-c2ccc(N)c(F)c2)n1CC. The number of benzene rings is 1. The molecule has 0 saturated heterocycles. The maximum atomic E-state index is 13.5. The van der Waals surface area contributed by atoms with Gasteiger partial charge in [0.1, 0.15) is 5.82 Å². The molecule has 1 aromatic heterocycles. The lowest BCUT2D eigenvalue weighted by atomic mass is 10.2. The number of nitrogens with two attached hydrogens (primary N) is 1. The van der Waals surface area contributed by atoms with Crippen molar-refractivity contribution in [1.29, 1.82) is 0 Å². The molecule has 3 N–H and O–H groups in total. The molecule has 0 amide bonds. The predicted octanol–water partition coefficient (Wildman–Crippen LogP) is 2.12. The molecule has 6 heteroatoms. The standard InChI is InChI=1S/C12H16FN5/c1-3-15-12-17-16-11(18(12)4-2)8-5-6-10(14)9(13)7-8/h5-7H,3-4,14H2,1-2H3,(H,15,17). The minimum Gasteiger partial charge on any atom is -0.396 e. The molecule has 0 spiro atoms. The lowest BCUT2D eigenvalue weighted by Gasteiger charge is -2.08. The molecule has 2 rings (SSSR count). The monoisotopic (exact) mass is 249 g/mol. The van der Waals surface area contributed by atoms with Crippen LogP contribution in [0, 0.1) is 5.82 Å². The molecule has 96 valence electrons. The summed E-state index contributed by atoms with van der Waals surface area (Å²) in [5.74, 6) is 0.878. The molecule has 0 unspecified atom stereocenters. The number of hydrogen-bond acceptors (Lipinski definition) is 4. The first-order valence-corrected chi connectivity index (χ1v) is 5.89. The number of nitrogens with zero attached hydrogens (tertiary/aromatic N) is 3. The molecular formula is C12H16FN5. The Bertz CT molecular complexity index is 549. The van der Waals surface area contributed by atoms with E-state index in [1.54, 1.807) is 6.07 Å². The Labute approximate surface area is 105 Å². The lowest BCUT2D eigenvalue weighted by Crippen LogP contribution is -2.07. The van der Waals surface area contributed by atoms with Crippen LogP contribution in [0.1, 0.15) is 13.8 Å². The van der Waals surface area contributed by atoms with Crippen LogP contribution in [0.5, 0.6) is 0 Å². The van der Waals surface area contributed by atoms with Crippen molar-refractivity contribution >= 4 is 11.6 Å². The Morgan fingerprint density at radius 1 is 1.33 bits per heavy atom. The summed E-state index contributed by atoms with van der Waals surface area (Å²) in [4.78, 5) is 0. The fourth-order valence-electron chi connectivity index (χ4n) is 1.77. The molecule has 0 aliphatic heterocycles. The number of aromatic nitrogens is 3. The second kappa shape index (κ2) is 5.03. The maximum absolute atomic E-state index is 13.5. The lowest BCUT2D eigenvalue weighted by molar-refractivity contribution is 0.632. The number of rotatable bonds is 4. The van der Waals surface area contributed by atoms with Crippen molar-refractivity contribution in [2.75, 3.05) is 17.6 Å². The molecule has 5 nitrogen and oxygen atoms in total. The molecule has 0 saturated carbocycles.